The molecule has 0 aliphatic heterocycles. The number of anilines is 1. The smallest absolute Gasteiger partial charge is 0.433 e. The highest BCUT2D eigenvalue weighted by atomic mass is 19.4. The van der Waals surface area contributed by atoms with Crippen LogP contribution in [0.15, 0.2) is 66.9 Å². The highest BCUT2D eigenvalue weighted by Gasteiger charge is 2.32. The number of halogens is 3. The van der Waals surface area contributed by atoms with Gasteiger partial charge in [0, 0.05) is 29.4 Å². The molecule has 32 heavy (non-hydrogen) atoms. The number of carboxylic acid groups (broad SMARTS) is 1. The first kappa shape index (κ1) is 21.3. The maximum Gasteiger partial charge on any atom is 0.433 e. The number of aryl methyl sites for hydroxylation is 1. The number of nitrogens with one attached hydrogen (secondary N) is 1. The van der Waals surface area contributed by atoms with E-state index in [1.54, 1.807) is 25.1 Å². The fourth-order valence-electron chi connectivity index (χ4n) is 3.56. The van der Waals surface area contributed by atoms with Crippen LogP contribution in [0.25, 0.3) is 22.0 Å². The van der Waals surface area contributed by atoms with Crippen molar-refractivity contribution in [3.05, 3.63) is 89.4 Å². The number of fused-ring (bicyclic) bond motifs is 1. The maximum atomic E-state index is 12.7. The monoisotopic (exact) mass is 437 g/mol. The zero-order chi connectivity index (χ0) is 22.9. The molecule has 8 heteroatoms. The van der Waals surface area contributed by atoms with Crippen LogP contribution in [0.4, 0.5) is 18.9 Å². The SMILES string of the molecule is Cc1nc2ccc(NCc3ccc(C(F)(F)F)nc3)cc2c(-c2ccccc2)c1C(=O)O. The lowest BCUT2D eigenvalue weighted by Gasteiger charge is -2.15. The average Bonchev–Trinajstić information content (AvgIpc) is 2.77. The number of hydrogen-bond acceptors (Lipinski definition) is 4. The summed E-state index contributed by atoms with van der Waals surface area (Å²) in [4.78, 5) is 19.9. The Hall–Kier alpha value is -3.94. The predicted molar refractivity (Wildman–Crippen MR) is 115 cm³/mol. The number of carboxylic acids is 1. The summed E-state index contributed by atoms with van der Waals surface area (Å²) in [5.74, 6) is -1.06. The molecule has 0 atom stereocenters. The molecule has 0 saturated heterocycles. The summed E-state index contributed by atoms with van der Waals surface area (Å²) in [6.07, 6.45) is -3.30. The van der Waals surface area contributed by atoms with Gasteiger partial charge in [0.05, 0.1) is 16.8 Å². The molecule has 2 N–H and O–H groups in total. The standard InChI is InChI=1S/C24H18F3N3O2/c1-14-21(23(31)32)22(16-5-3-2-4-6-16)18-11-17(8-9-19(18)30-14)28-12-15-7-10-20(29-13-15)24(25,26)27/h2-11,13,28H,12H2,1H3,(H,31,32). The van der Waals surface area contributed by atoms with Crippen LogP contribution >= 0.6 is 0 Å². The number of alkyl halides is 3. The molecule has 162 valence electrons. The second-order valence-electron chi connectivity index (χ2n) is 7.25. The number of nitrogens with zero attached hydrogens (tertiary/aromatic N) is 2. The van der Waals surface area contributed by atoms with E-state index in [1.165, 1.54) is 12.3 Å². The number of rotatable bonds is 5. The van der Waals surface area contributed by atoms with Crippen molar-refractivity contribution in [2.75, 3.05) is 5.32 Å². The van der Waals surface area contributed by atoms with Gasteiger partial charge in [-0.2, -0.15) is 13.2 Å². The van der Waals surface area contributed by atoms with Crippen LogP contribution in [0.3, 0.4) is 0 Å². The van der Waals surface area contributed by atoms with Gasteiger partial charge in [-0.3, -0.25) is 9.97 Å². The molecular weight excluding hydrogens is 419 g/mol. The van der Waals surface area contributed by atoms with Crippen LogP contribution in [-0.2, 0) is 12.7 Å². The van der Waals surface area contributed by atoms with E-state index in [0.29, 0.717) is 33.4 Å². The van der Waals surface area contributed by atoms with E-state index in [0.717, 1.165) is 11.6 Å². The normalized spacial score (nSPS) is 11.5. The lowest BCUT2D eigenvalue weighted by Crippen LogP contribution is -2.09. The molecule has 2 aromatic carbocycles. The Balaban J connectivity index is 1.72. The fourth-order valence-corrected chi connectivity index (χ4v) is 3.56. The summed E-state index contributed by atoms with van der Waals surface area (Å²) in [5, 5.41) is 13.6. The first-order valence-electron chi connectivity index (χ1n) is 9.73. The minimum Gasteiger partial charge on any atom is -0.478 e. The largest absolute Gasteiger partial charge is 0.478 e. The van der Waals surface area contributed by atoms with Gasteiger partial charge >= 0.3 is 12.1 Å². The molecule has 0 amide bonds. The molecule has 2 heterocycles. The number of benzene rings is 2. The molecular formula is C24H18F3N3O2. The Bertz CT molecular complexity index is 1290. The molecule has 2 aromatic heterocycles. The van der Waals surface area contributed by atoms with Crippen molar-refractivity contribution >= 4 is 22.6 Å². The molecule has 4 rings (SSSR count). The van der Waals surface area contributed by atoms with Gasteiger partial charge in [-0.05, 0) is 42.3 Å². The van der Waals surface area contributed by atoms with Crippen LogP contribution < -0.4 is 5.32 Å². The second kappa shape index (κ2) is 8.30. The van der Waals surface area contributed by atoms with Gasteiger partial charge in [0.2, 0.25) is 0 Å². The van der Waals surface area contributed by atoms with Gasteiger partial charge in [0.1, 0.15) is 5.69 Å². The van der Waals surface area contributed by atoms with E-state index < -0.39 is 17.8 Å². The van der Waals surface area contributed by atoms with E-state index in [2.05, 4.69) is 15.3 Å². The molecule has 0 spiro atoms. The highest BCUT2D eigenvalue weighted by molar-refractivity contribution is 6.07. The number of aromatic carboxylic acids is 1. The van der Waals surface area contributed by atoms with Gasteiger partial charge in [0.15, 0.2) is 0 Å². The summed E-state index contributed by atoms with van der Waals surface area (Å²) >= 11 is 0. The molecule has 4 aromatic rings. The second-order valence-corrected chi connectivity index (χ2v) is 7.25. The first-order valence-corrected chi connectivity index (χ1v) is 9.73. The van der Waals surface area contributed by atoms with Crippen molar-refractivity contribution in [2.45, 2.75) is 19.6 Å². The van der Waals surface area contributed by atoms with Crippen molar-refractivity contribution in [2.24, 2.45) is 0 Å². The fraction of sp³-hybridized carbons (Fsp3) is 0.125. The van der Waals surface area contributed by atoms with Crippen LogP contribution in [0.5, 0.6) is 0 Å². The Morgan fingerprint density at radius 1 is 1.06 bits per heavy atom. The molecule has 0 fully saturated rings. The summed E-state index contributed by atoms with van der Waals surface area (Å²) in [6, 6.07) is 16.9. The Morgan fingerprint density at radius 2 is 1.81 bits per heavy atom. The number of carbonyl (C=O) groups is 1. The van der Waals surface area contributed by atoms with E-state index in [4.69, 9.17) is 0 Å². The van der Waals surface area contributed by atoms with E-state index >= 15 is 0 Å². The number of pyridine rings is 2. The van der Waals surface area contributed by atoms with Crippen LogP contribution in [-0.4, -0.2) is 21.0 Å². The number of hydrogen-bond donors (Lipinski definition) is 2. The topological polar surface area (TPSA) is 75.1 Å². The third-order valence-corrected chi connectivity index (χ3v) is 5.05. The van der Waals surface area contributed by atoms with Gasteiger partial charge < -0.3 is 10.4 Å². The van der Waals surface area contributed by atoms with Crippen LogP contribution in [0.2, 0.25) is 0 Å². The minimum atomic E-state index is -4.48. The number of aromatic nitrogens is 2. The minimum absolute atomic E-state index is 0.132. The van der Waals surface area contributed by atoms with Crippen molar-refractivity contribution in [3.63, 3.8) is 0 Å². The lowest BCUT2D eigenvalue weighted by atomic mass is 9.94. The first-order chi connectivity index (χ1) is 15.2. The Morgan fingerprint density at radius 3 is 2.44 bits per heavy atom. The van der Waals surface area contributed by atoms with Gasteiger partial charge in [-0.15, -0.1) is 0 Å². The zero-order valence-corrected chi connectivity index (χ0v) is 16.9. The predicted octanol–water partition coefficient (Wildman–Crippen LogP) is 5.93. The van der Waals surface area contributed by atoms with Crippen molar-refractivity contribution in [3.8, 4) is 11.1 Å². The molecule has 0 unspecified atom stereocenters. The molecule has 0 aliphatic carbocycles. The van der Waals surface area contributed by atoms with Crippen molar-refractivity contribution in [1.82, 2.24) is 9.97 Å². The van der Waals surface area contributed by atoms with E-state index in [-0.39, 0.29) is 12.1 Å². The summed E-state index contributed by atoms with van der Waals surface area (Å²) in [7, 11) is 0. The van der Waals surface area contributed by atoms with Crippen molar-refractivity contribution in [1.29, 1.82) is 0 Å². The highest BCUT2D eigenvalue weighted by Crippen LogP contribution is 2.34. The van der Waals surface area contributed by atoms with Gasteiger partial charge in [-0.1, -0.05) is 36.4 Å². The maximum absolute atomic E-state index is 12.7. The summed E-state index contributed by atoms with van der Waals surface area (Å²) < 4.78 is 38.1. The van der Waals surface area contributed by atoms with Crippen LogP contribution in [0, 0.1) is 6.92 Å². The summed E-state index contributed by atoms with van der Waals surface area (Å²) in [6.45, 7) is 1.92. The quantitative estimate of drug-likeness (QED) is 0.405. The molecule has 0 saturated carbocycles. The van der Waals surface area contributed by atoms with Crippen LogP contribution in [0.1, 0.15) is 27.3 Å². The lowest BCUT2D eigenvalue weighted by molar-refractivity contribution is -0.141. The molecule has 5 nitrogen and oxygen atoms in total. The Kier molecular flexibility index (Phi) is 5.52. The van der Waals surface area contributed by atoms with Gasteiger partial charge in [0.25, 0.3) is 0 Å². The third-order valence-electron chi connectivity index (χ3n) is 5.05. The zero-order valence-electron chi connectivity index (χ0n) is 16.9. The molecule has 0 bridgehead atoms. The molecule has 0 radical (unpaired) electrons. The average molecular weight is 437 g/mol. The van der Waals surface area contributed by atoms with E-state index in [9.17, 15) is 23.1 Å². The molecule has 0 aliphatic rings. The van der Waals surface area contributed by atoms with Crippen molar-refractivity contribution < 1.29 is 23.1 Å². The third kappa shape index (κ3) is 4.25. The van der Waals surface area contributed by atoms with Gasteiger partial charge in [-0.25, -0.2) is 4.79 Å². The van der Waals surface area contributed by atoms with E-state index in [1.807, 2.05) is 30.3 Å². The Labute approximate surface area is 181 Å². The summed E-state index contributed by atoms with van der Waals surface area (Å²) in [5.41, 5.74) is 2.83.